The molecule has 2 rings (SSSR count). The Morgan fingerprint density at radius 1 is 1.36 bits per heavy atom. The number of hydrogen-bond donors (Lipinski definition) is 0. The van der Waals surface area contributed by atoms with Gasteiger partial charge in [-0.1, -0.05) is 18.2 Å². The maximum atomic E-state index is 13.1. The Labute approximate surface area is 143 Å². The van der Waals surface area contributed by atoms with Gasteiger partial charge in [0.15, 0.2) is 0 Å². The second-order valence-corrected chi connectivity index (χ2v) is 5.68. The molecule has 1 aromatic rings. The lowest BCUT2D eigenvalue weighted by atomic mass is 9.76. The van der Waals surface area contributed by atoms with Gasteiger partial charge < -0.3 is 4.74 Å². The predicted octanol–water partition coefficient (Wildman–Crippen LogP) is 4.24. The van der Waals surface area contributed by atoms with E-state index in [2.05, 4.69) is 11.1 Å². The molecule has 0 spiro atoms. The van der Waals surface area contributed by atoms with Crippen LogP contribution >= 0.6 is 0 Å². The summed E-state index contributed by atoms with van der Waals surface area (Å²) in [5.41, 5.74) is 0.333. The van der Waals surface area contributed by atoms with Gasteiger partial charge in [0.25, 0.3) is 0 Å². The smallest absolute Gasteiger partial charge is 0.416 e. The van der Waals surface area contributed by atoms with Crippen LogP contribution in [0.4, 0.5) is 13.2 Å². The van der Waals surface area contributed by atoms with Crippen molar-refractivity contribution in [1.82, 2.24) is 0 Å². The third-order valence-electron chi connectivity index (χ3n) is 4.04. The zero-order valence-electron chi connectivity index (χ0n) is 14.0. The monoisotopic (exact) mass is 350 g/mol. The van der Waals surface area contributed by atoms with Gasteiger partial charge in [0.2, 0.25) is 0 Å². The van der Waals surface area contributed by atoms with Crippen LogP contribution in [0.3, 0.4) is 0 Å². The topological polar surface area (TPSA) is 62.4 Å². The summed E-state index contributed by atoms with van der Waals surface area (Å²) in [4.78, 5) is 16.6. The van der Waals surface area contributed by atoms with E-state index in [1.807, 2.05) is 0 Å². The molecule has 0 N–H and O–H groups in total. The highest BCUT2D eigenvalue weighted by molar-refractivity contribution is 5.98. The van der Waals surface area contributed by atoms with Gasteiger partial charge in [-0.3, -0.25) is 4.99 Å². The molecule has 0 fully saturated rings. The van der Waals surface area contributed by atoms with E-state index in [0.717, 1.165) is 12.1 Å². The summed E-state index contributed by atoms with van der Waals surface area (Å²) in [6, 6.07) is 6.73. The highest BCUT2D eigenvalue weighted by Crippen LogP contribution is 2.40. The zero-order chi connectivity index (χ0) is 18.8. The molecule has 1 aliphatic heterocycles. The molecule has 0 aromatic heterocycles. The van der Waals surface area contributed by atoms with Crippen LogP contribution < -0.4 is 0 Å². The van der Waals surface area contributed by atoms with E-state index in [0.29, 0.717) is 11.4 Å². The lowest BCUT2D eigenvalue weighted by Gasteiger charge is -2.29. The number of allylic oxidation sites excluding steroid dienone is 1. The van der Waals surface area contributed by atoms with Crippen LogP contribution in [-0.2, 0) is 15.7 Å². The van der Waals surface area contributed by atoms with Crippen LogP contribution in [0, 0.1) is 17.2 Å². The van der Waals surface area contributed by atoms with E-state index in [-0.39, 0.29) is 17.7 Å². The van der Waals surface area contributed by atoms with Crippen molar-refractivity contribution >= 4 is 11.7 Å². The normalized spacial score (nSPS) is 20.8. The van der Waals surface area contributed by atoms with Crippen LogP contribution in [0.5, 0.6) is 0 Å². The summed E-state index contributed by atoms with van der Waals surface area (Å²) in [6.07, 6.45) is -4.52. The summed E-state index contributed by atoms with van der Waals surface area (Å²) in [5.74, 6) is -2.37. The Morgan fingerprint density at radius 2 is 2.04 bits per heavy atom. The molecule has 0 saturated carbocycles. The number of nitriles is 1. The molecule has 7 heteroatoms. The van der Waals surface area contributed by atoms with Crippen LogP contribution in [-0.4, -0.2) is 18.3 Å². The van der Waals surface area contributed by atoms with Gasteiger partial charge in [0.05, 0.1) is 29.7 Å². The van der Waals surface area contributed by atoms with E-state index in [9.17, 15) is 23.2 Å². The van der Waals surface area contributed by atoms with Gasteiger partial charge in [-0.05, 0) is 32.4 Å². The lowest BCUT2D eigenvalue weighted by Crippen LogP contribution is -2.29. The number of carbonyl (C=O) groups excluding carboxylic acids is 1. The summed E-state index contributed by atoms with van der Waals surface area (Å²) >= 11 is 0. The molecule has 1 aromatic carbocycles. The van der Waals surface area contributed by atoms with E-state index in [1.165, 1.54) is 12.1 Å². The van der Waals surface area contributed by atoms with Crippen molar-refractivity contribution in [2.45, 2.75) is 32.9 Å². The molecule has 0 aliphatic carbocycles. The number of benzene rings is 1. The van der Waals surface area contributed by atoms with Gasteiger partial charge >= 0.3 is 12.1 Å². The maximum Gasteiger partial charge on any atom is 0.416 e. The number of halogens is 3. The fraction of sp³-hybridized carbons (Fsp3) is 0.389. The van der Waals surface area contributed by atoms with Crippen molar-refractivity contribution in [2.24, 2.45) is 10.9 Å². The van der Waals surface area contributed by atoms with Gasteiger partial charge in [-0.2, -0.15) is 18.4 Å². The van der Waals surface area contributed by atoms with Crippen molar-refractivity contribution in [3.8, 4) is 6.07 Å². The van der Waals surface area contributed by atoms with Crippen molar-refractivity contribution in [3.05, 3.63) is 46.7 Å². The van der Waals surface area contributed by atoms with Crippen molar-refractivity contribution in [3.63, 3.8) is 0 Å². The number of rotatable bonds is 3. The first kappa shape index (κ1) is 18.7. The summed E-state index contributed by atoms with van der Waals surface area (Å²) in [5, 5.41) is 9.51. The first-order chi connectivity index (χ1) is 11.7. The van der Waals surface area contributed by atoms with Crippen LogP contribution in [0.15, 0.2) is 40.5 Å². The Balaban J connectivity index is 2.64. The molecule has 0 amide bonds. The fourth-order valence-corrected chi connectivity index (χ4v) is 2.95. The highest BCUT2D eigenvalue weighted by Gasteiger charge is 2.39. The molecule has 132 valence electrons. The van der Waals surface area contributed by atoms with Gasteiger partial charge in [0.1, 0.15) is 0 Å². The average Bonchev–Trinajstić information content (AvgIpc) is 2.53. The van der Waals surface area contributed by atoms with E-state index < -0.39 is 29.5 Å². The largest absolute Gasteiger partial charge is 0.463 e. The summed E-state index contributed by atoms with van der Waals surface area (Å²) in [6.45, 7) is 4.96. The lowest BCUT2D eigenvalue weighted by molar-refractivity contribution is -0.139. The first-order valence-electron chi connectivity index (χ1n) is 7.70. The summed E-state index contributed by atoms with van der Waals surface area (Å²) in [7, 11) is 0. The van der Waals surface area contributed by atoms with E-state index in [1.54, 1.807) is 20.8 Å². The third kappa shape index (κ3) is 3.73. The van der Waals surface area contributed by atoms with Crippen LogP contribution in [0.2, 0.25) is 0 Å². The predicted molar refractivity (Wildman–Crippen MR) is 85.7 cm³/mol. The molecule has 0 bridgehead atoms. The number of carbonyl (C=O) groups is 1. The van der Waals surface area contributed by atoms with Crippen LogP contribution in [0.25, 0.3) is 0 Å². The standard InChI is InChI=1S/C18H17F3N2O2/c1-4-25-17(24)15-11(3)23-10(2)14(9-22)16(15)12-6-5-7-13(8-12)18(19,20)21/h5-8,14,16H,4H2,1-3H3. The number of alkyl halides is 3. The Bertz CT molecular complexity index is 788. The van der Waals surface area contributed by atoms with Gasteiger partial charge in [0, 0.05) is 17.3 Å². The van der Waals surface area contributed by atoms with Crippen molar-refractivity contribution < 1.29 is 22.7 Å². The Kier molecular flexibility index (Phi) is 5.31. The fourth-order valence-electron chi connectivity index (χ4n) is 2.95. The minimum atomic E-state index is -4.52. The molecule has 0 saturated heterocycles. The highest BCUT2D eigenvalue weighted by atomic mass is 19.4. The van der Waals surface area contributed by atoms with Crippen molar-refractivity contribution in [2.75, 3.05) is 6.61 Å². The summed E-state index contributed by atoms with van der Waals surface area (Å²) < 4.78 is 44.2. The SMILES string of the molecule is CCOC(=O)C1=C(C)N=C(C)C(C#N)C1c1cccc(C(F)(F)F)c1. The number of ether oxygens (including phenoxy) is 1. The average molecular weight is 350 g/mol. The number of aliphatic imine (C=N–C) groups is 1. The molecule has 4 nitrogen and oxygen atoms in total. The number of esters is 1. The van der Waals surface area contributed by atoms with E-state index in [4.69, 9.17) is 4.74 Å². The van der Waals surface area contributed by atoms with E-state index >= 15 is 0 Å². The Hall–Kier alpha value is -2.62. The van der Waals surface area contributed by atoms with Gasteiger partial charge in [-0.25, -0.2) is 4.79 Å². The quantitative estimate of drug-likeness (QED) is 0.766. The molecule has 1 aliphatic rings. The molecular weight excluding hydrogens is 333 g/mol. The minimum absolute atomic E-state index is 0.116. The molecule has 0 radical (unpaired) electrons. The minimum Gasteiger partial charge on any atom is -0.463 e. The van der Waals surface area contributed by atoms with Gasteiger partial charge in [-0.15, -0.1) is 0 Å². The second kappa shape index (κ2) is 7.09. The molecule has 2 unspecified atom stereocenters. The maximum absolute atomic E-state index is 13.1. The molecular formula is C18H17F3N2O2. The molecule has 1 heterocycles. The number of hydrogen-bond acceptors (Lipinski definition) is 4. The Morgan fingerprint density at radius 3 is 2.60 bits per heavy atom. The van der Waals surface area contributed by atoms with Crippen molar-refractivity contribution in [1.29, 1.82) is 5.26 Å². The molecule has 2 atom stereocenters. The number of nitrogens with zero attached hydrogens (tertiary/aromatic N) is 2. The third-order valence-corrected chi connectivity index (χ3v) is 4.04. The zero-order valence-corrected chi connectivity index (χ0v) is 14.0. The molecule has 25 heavy (non-hydrogen) atoms. The first-order valence-corrected chi connectivity index (χ1v) is 7.70. The van der Waals surface area contributed by atoms with Crippen LogP contribution in [0.1, 0.15) is 37.8 Å². The second-order valence-electron chi connectivity index (χ2n) is 5.68.